The number of fused-ring (bicyclic) bond motifs is 2. The van der Waals surface area contributed by atoms with Gasteiger partial charge in [0, 0.05) is 41.7 Å². The second-order valence-electron chi connectivity index (χ2n) is 6.42. The van der Waals surface area contributed by atoms with Crippen LogP contribution >= 0.6 is 0 Å². The van der Waals surface area contributed by atoms with Crippen LogP contribution in [0.5, 0.6) is 11.5 Å². The van der Waals surface area contributed by atoms with Gasteiger partial charge in [0.15, 0.2) is 11.5 Å². The molecule has 0 aliphatic carbocycles. The van der Waals surface area contributed by atoms with E-state index in [0.717, 1.165) is 40.2 Å². The van der Waals surface area contributed by atoms with Gasteiger partial charge in [0.05, 0.1) is 18.7 Å². The highest BCUT2D eigenvalue weighted by molar-refractivity contribution is 5.94. The number of nitrogens with one attached hydrogen (secondary N) is 1. The minimum atomic E-state index is 0.00391. The zero-order chi connectivity index (χ0) is 15.0. The topological polar surface area (TPSA) is 43.4 Å². The molecule has 3 rings (SSSR count). The van der Waals surface area contributed by atoms with Crippen LogP contribution in [0.1, 0.15) is 32.9 Å². The molecule has 2 heterocycles. The summed E-state index contributed by atoms with van der Waals surface area (Å²) >= 11 is 0. The Morgan fingerprint density at radius 1 is 1.05 bits per heavy atom. The zero-order valence-electron chi connectivity index (χ0n) is 13.1. The fraction of sp³-hybridized carbons (Fsp3) is 0.471. The first-order chi connectivity index (χ1) is 9.99. The van der Waals surface area contributed by atoms with Crippen LogP contribution in [-0.2, 0) is 5.41 Å². The van der Waals surface area contributed by atoms with Gasteiger partial charge in [0.25, 0.3) is 0 Å². The van der Waals surface area contributed by atoms with Crippen molar-refractivity contribution >= 4 is 16.6 Å². The van der Waals surface area contributed by atoms with E-state index in [1.807, 2.05) is 19.2 Å². The predicted octanol–water partition coefficient (Wildman–Crippen LogP) is 3.74. The van der Waals surface area contributed by atoms with E-state index in [1.54, 1.807) is 0 Å². The van der Waals surface area contributed by atoms with Crippen LogP contribution in [0.25, 0.3) is 10.9 Å². The standard InChI is InChI=1S/C17H22N2O2/c1-17(2,3)16-10-12(18-4)11-8-14-15(9-13(11)19-16)21-7-5-6-20-14/h8-10H,5-7H2,1-4H3,(H,18,19). The quantitative estimate of drug-likeness (QED) is 0.867. The summed E-state index contributed by atoms with van der Waals surface area (Å²) in [4.78, 5) is 4.82. The molecule has 0 fully saturated rings. The summed E-state index contributed by atoms with van der Waals surface area (Å²) in [7, 11) is 1.93. The third-order valence-electron chi connectivity index (χ3n) is 3.72. The highest BCUT2D eigenvalue weighted by atomic mass is 16.5. The fourth-order valence-electron chi connectivity index (χ4n) is 2.47. The maximum absolute atomic E-state index is 5.77. The molecular weight excluding hydrogens is 264 g/mol. The zero-order valence-corrected chi connectivity index (χ0v) is 13.1. The summed E-state index contributed by atoms with van der Waals surface area (Å²) < 4.78 is 11.5. The number of nitrogens with zero attached hydrogens (tertiary/aromatic N) is 1. The van der Waals surface area contributed by atoms with E-state index < -0.39 is 0 Å². The molecule has 0 bridgehead atoms. The molecule has 21 heavy (non-hydrogen) atoms. The molecule has 4 heteroatoms. The summed E-state index contributed by atoms with van der Waals surface area (Å²) in [6.45, 7) is 7.90. The first-order valence-corrected chi connectivity index (χ1v) is 7.41. The van der Waals surface area contributed by atoms with Gasteiger partial charge in [-0.2, -0.15) is 0 Å². The van der Waals surface area contributed by atoms with Crippen molar-refractivity contribution in [1.29, 1.82) is 0 Å². The van der Waals surface area contributed by atoms with Crippen LogP contribution in [0.4, 0.5) is 5.69 Å². The lowest BCUT2D eigenvalue weighted by Crippen LogP contribution is -2.14. The SMILES string of the molecule is CNc1cc(C(C)(C)C)nc2cc3c(cc12)OCCCO3. The number of hydrogen-bond acceptors (Lipinski definition) is 4. The molecule has 1 aliphatic heterocycles. The van der Waals surface area contributed by atoms with Crippen molar-refractivity contribution in [3.63, 3.8) is 0 Å². The van der Waals surface area contributed by atoms with Gasteiger partial charge in [-0.25, -0.2) is 0 Å². The Bertz CT molecular complexity index is 675. The monoisotopic (exact) mass is 286 g/mol. The predicted molar refractivity (Wildman–Crippen MR) is 85.6 cm³/mol. The molecular formula is C17H22N2O2. The van der Waals surface area contributed by atoms with Gasteiger partial charge in [-0.15, -0.1) is 0 Å². The molecule has 1 aromatic carbocycles. The van der Waals surface area contributed by atoms with E-state index in [2.05, 4.69) is 32.2 Å². The molecule has 1 N–H and O–H groups in total. The summed E-state index contributed by atoms with van der Waals surface area (Å²) in [6, 6.07) is 6.14. The van der Waals surface area contributed by atoms with Crippen LogP contribution in [0, 0.1) is 0 Å². The largest absolute Gasteiger partial charge is 0.490 e. The van der Waals surface area contributed by atoms with Crippen LogP contribution in [0.2, 0.25) is 0 Å². The molecule has 0 atom stereocenters. The maximum Gasteiger partial charge on any atom is 0.163 e. The van der Waals surface area contributed by atoms with Crippen molar-refractivity contribution < 1.29 is 9.47 Å². The number of pyridine rings is 1. The Morgan fingerprint density at radius 3 is 2.33 bits per heavy atom. The highest BCUT2D eigenvalue weighted by Crippen LogP contribution is 2.37. The van der Waals surface area contributed by atoms with E-state index >= 15 is 0 Å². The number of hydrogen-bond donors (Lipinski definition) is 1. The summed E-state index contributed by atoms with van der Waals surface area (Å²) in [5.74, 6) is 1.60. The Balaban J connectivity index is 2.23. The number of anilines is 1. The lowest BCUT2D eigenvalue weighted by Gasteiger charge is -2.20. The van der Waals surface area contributed by atoms with E-state index in [-0.39, 0.29) is 5.41 Å². The number of ether oxygens (including phenoxy) is 2. The number of rotatable bonds is 1. The lowest BCUT2D eigenvalue weighted by atomic mass is 9.90. The molecule has 0 unspecified atom stereocenters. The summed E-state index contributed by atoms with van der Waals surface area (Å²) in [5, 5.41) is 4.33. The average Bonchev–Trinajstić information content (AvgIpc) is 2.67. The summed E-state index contributed by atoms with van der Waals surface area (Å²) in [6.07, 6.45) is 0.907. The van der Waals surface area contributed by atoms with Gasteiger partial charge < -0.3 is 14.8 Å². The van der Waals surface area contributed by atoms with Gasteiger partial charge in [0.1, 0.15) is 0 Å². The van der Waals surface area contributed by atoms with Crippen LogP contribution in [-0.4, -0.2) is 25.2 Å². The Kier molecular flexibility index (Phi) is 3.40. The van der Waals surface area contributed by atoms with Gasteiger partial charge in [-0.3, -0.25) is 4.98 Å². The van der Waals surface area contributed by atoms with Crippen LogP contribution in [0.3, 0.4) is 0 Å². The average molecular weight is 286 g/mol. The third kappa shape index (κ3) is 2.62. The minimum absolute atomic E-state index is 0.00391. The first kappa shape index (κ1) is 14.0. The van der Waals surface area contributed by atoms with E-state index in [4.69, 9.17) is 14.5 Å². The van der Waals surface area contributed by atoms with Crippen molar-refractivity contribution in [3.8, 4) is 11.5 Å². The number of benzene rings is 1. The van der Waals surface area contributed by atoms with Crippen molar-refractivity contribution in [3.05, 3.63) is 23.9 Å². The molecule has 112 valence electrons. The molecule has 1 aliphatic rings. The van der Waals surface area contributed by atoms with Gasteiger partial charge in [-0.1, -0.05) is 20.8 Å². The van der Waals surface area contributed by atoms with E-state index in [1.165, 1.54) is 0 Å². The Labute approximate surface area is 125 Å². The van der Waals surface area contributed by atoms with Crippen LogP contribution in [0.15, 0.2) is 18.2 Å². The van der Waals surface area contributed by atoms with Crippen molar-refractivity contribution in [1.82, 2.24) is 4.98 Å². The van der Waals surface area contributed by atoms with Crippen molar-refractivity contribution in [2.24, 2.45) is 0 Å². The third-order valence-corrected chi connectivity index (χ3v) is 3.72. The second kappa shape index (κ2) is 5.10. The van der Waals surface area contributed by atoms with Gasteiger partial charge >= 0.3 is 0 Å². The fourth-order valence-corrected chi connectivity index (χ4v) is 2.47. The molecule has 0 saturated heterocycles. The Morgan fingerprint density at radius 2 is 1.71 bits per heavy atom. The smallest absolute Gasteiger partial charge is 0.163 e. The highest BCUT2D eigenvalue weighted by Gasteiger charge is 2.20. The first-order valence-electron chi connectivity index (χ1n) is 7.41. The molecule has 1 aromatic heterocycles. The minimum Gasteiger partial charge on any atom is -0.490 e. The van der Waals surface area contributed by atoms with Gasteiger partial charge in [-0.05, 0) is 12.1 Å². The summed E-state index contributed by atoms with van der Waals surface area (Å²) in [5.41, 5.74) is 3.08. The molecule has 4 nitrogen and oxygen atoms in total. The normalized spacial score (nSPS) is 14.9. The molecule has 0 saturated carbocycles. The van der Waals surface area contributed by atoms with Crippen LogP contribution < -0.4 is 14.8 Å². The van der Waals surface area contributed by atoms with E-state index in [9.17, 15) is 0 Å². The maximum atomic E-state index is 5.77. The second-order valence-corrected chi connectivity index (χ2v) is 6.42. The van der Waals surface area contributed by atoms with Gasteiger partial charge in [0.2, 0.25) is 0 Å². The van der Waals surface area contributed by atoms with E-state index in [0.29, 0.717) is 13.2 Å². The van der Waals surface area contributed by atoms with Crippen molar-refractivity contribution in [2.45, 2.75) is 32.6 Å². The van der Waals surface area contributed by atoms with Crippen molar-refractivity contribution in [2.75, 3.05) is 25.6 Å². The number of aromatic nitrogens is 1. The molecule has 0 radical (unpaired) electrons. The molecule has 0 amide bonds. The lowest BCUT2D eigenvalue weighted by molar-refractivity contribution is 0.297. The Hall–Kier alpha value is -1.97. The molecule has 0 spiro atoms. The molecule has 2 aromatic rings.